The predicted molar refractivity (Wildman–Crippen MR) is 73.9 cm³/mol. The Balaban J connectivity index is 1.59. The number of aliphatic hydroxyl groups is 1. The third-order valence-corrected chi connectivity index (χ3v) is 3.35. The monoisotopic (exact) mass is 301 g/mol. The summed E-state index contributed by atoms with van der Waals surface area (Å²) in [6, 6.07) is 3.44. The van der Waals surface area contributed by atoms with Crippen LogP contribution in [0, 0.1) is 11.6 Å². The molecule has 1 aliphatic rings. The zero-order valence-corrected chi connectivity index (χ0v) is 11.9. The van der Waals surface area contributed by atoms with Gasteiger partial charge in [-0.25, -0.2) is 8.78 Å². The van der Waals surface area contributed by atoms with Crippen LogP contribution in [0.1, 0.15) is 18.4 Å². The van der Waals surface area contributed by atoms with Crippen LogP contribution < -0.4 is 5.32 Å². The van der Waals surface area contributed by atoms with E-state index in [2.05, 4.69) is 5.32 Å². The fraction of sp³-hybridized carbons (Fsp3) is 0.600. The van der Waals surface area contributed by atoms with Crippen LogP contribution in [0.2, 0.25) is 0 Å². The second-order valence-electron chi connectivity index (χ2n) is 5.19. The molecule has 1 heterocycles. The number of benzene rings is 1. The van der Waals surface area contributed by atoms with Crippen molar-refractivity contribution in [1.82, 2.24) is 5.32 Å². The van der Waals surface area contributed by atoms with Crippen molar-refractivity contribution >= 4 is 0 Å². The van der Waals surface area contributed by atoms with Crippen LogP contribution in [0.25, 0.3) is 0 Å². The van der Waals surface area contributed by atoms with Gasteiger partial charge < -0.3 is 19.9 Å². The SMILES string of the molecule is OC(CNCc1ccc(F)cc1F)COCC1CCCO1. The molecule has 0 bridgehead atoms. The van der Waals surface area contributed by atoms with E-state index in [1.807, 2.05) is 0 Å². The van der Waals surface area contributed by atoms with Gasteiger partial charge in [0.25, 0.3) is 0 Å². The third-order valence-electron chi connectivity index (χ3n) is 3.35. The summed E-state index contributed by atoms with van der Waals surface area (Å²) in [5.41, 5.74) is 0.365. The summed E-state index contributed by atoms with van der Waals surface area (Å²) in [5.74, 6) is -1.19. The molecule has 2 N–H and O–H groups in total. The fourth-order valence-corrected chi connectivity index (χ4v) is 2.21. The van der Waals surface area contributed by atoms with Gasteiger partial charge in [0.2, 0.25) is 0 Å². The first-order chi connectivity index (χ1) is 10.1. The maximum absolute atomic E-state index is 13.4. The number of rotatable bonds is 8. The predicted octanol–water partition coefficient (Wildman–Crippen LogP) is 1.61. The Morgan fingerprint density at radius 1 is 1.43 bits per heavy atom. The van der Waals surface area contributed by atoms with Crippen molar-refractivity contribution in [2.75, 3.05) is 26.4 Å². The topological polar surface area (TPSA) is 50.7 Å². The lowest BCUT2D eigenvalue weighted by Crippen LogP contribution is -2.31. The highest BCUT2D eigenvalue weighted by molar-refractivity contribution is 5.18. The standard InChI is InChI=1S/C15H21F2NO3/c16-12-4-3-11(15(17)6-12)7-18-8-13(19)9-20-10-14-2-1-5-21-14/h3-4,6,13-14,18-19H,1-2,5,7-10H2. The number of nitrogens with one attached hydrogen (secondary N) is 1. The Kier molecular flexibility index (Phi) is 6.50. The highest BCUT2D eigenvalue weighted by atomic mass is 19.1. The van der Waals surface area contributed by atoms with E-state index in [0.29, 0.717) is 12.2 Å². The third kappa shape index (κ3) is 5.67. The zero-order valence-electron chi connectivity index (χ0n) is 11.9. The molecule has 21 heavy (non-hydrogen) atoms. The summed E-state index contributed by atoms with van der Waals surface area (Å²) in [4.78, 5) is 0. The Morgan fingerprint density at radius 2 is 2.29 bits per heavy atom. The summed E-state index contributed by atoms with van der Waals surface area (Å²) in [6.45, 7) is 1.99. The summed E-state index contributed by atoms with van der Waals surface area (Å²) in [5, 5.41) is 12.6. The second-order valence-corrected chi connectivity index (χ2v) is 5.19. The molecule has 1 saturated heterocycles. The van der Waals surface area contributed by atoms with Crippen molar-refractivity contribution in [1.29, 1.82) is 0 Å². The summed E-state index contributed by atoms with van der Waals surface area (Å²) in [6.07, 6.45) is 1.52. The smallest absolute Gasteiger partial charge is 0.130 e. The van der Waals surface area contributed by atoms with Crippen molar-refractivity contribution in [2.45, 2.75) is 31.6 Å². The molecule has 0 aromatic heterocycles. The van der Waals surface area contributed by atoms with Crippen molar-refractivity contribution < 1.29 is 23.4 Å². The van der Waals surface area contributed by atoms with Gasteiger partial charge in [-0.3, -0.25) is 0 Å². The summed E-state index contributed by atoms with van der Waals surface area (Å²) >= 11 is 0. The molecule has 0 saturated carbocycles. The van der Waals surface area contributed by atoms with Crippen molar-refractivity contribution in [3.05, 3.63) is 35.4 Å². The number of hydrogen-bond acceptors (Lipinski definition) is 4. The molecule has 1 aromatic carbocycles. The van der Waals surface area contributed by atoms with Gasteiger partial charge in [0.1, 0.15) is 11.6 Å². The second kappa shape index (κ2) is 8.38. The molecule has 2 rings (SSSR count). The van der Waals surface area contributed by atoms with Gasteiger partial charge in [0, 0.05) is 31.3 Å². The number of ether oxygens (including phenoxy) is 2. The molecule has 1 aromatic rings. The van der Waals surface area contributed by atoms with Crippen LogP contribution in [0.5, 0.6) is 0 Å². The molecule has 4 nitrogen and oxygen atoms in total. The summed E-state index contributed by atoms with van der Waals surface area (Å²) in [7, 11) is 0. The minimum absolute atomic E-state index is 0.137. The minimum atomic E-state index is -0.671. The van der Waals surface area contributed by atoms with E-state index < -0.39 is 17.7 Å². The maximum Gasteiger partial charge on any atom is 0.130 e. The number of hydrogen-bond donors (Lipinski definition) is 2. The van der Waals surface area contributed by atoms with Gasteiger partial charge in [-0.2, -0.15) is 0 Å². The normalized spacial score (nSPS) is 19.9. The lowest BCUT2D eigenvalue weighted by atomic mass is 10.2. The van der Waals surface area contributed by atoms with Gasteiger partial charge in [-0.1, -0.05) is 6.07 Å². The first kappa shape index (κ1) is 16.3. The number of aliphatic hydroxyl groups excluding tert-OH is 1. The van der Waals surface area contributed by atoms with Crippen LogP contribution in [-0.4, -0.2) is 43.7 Å². The molecule has 1 aliphatic heterocycles. The van der Waals surface area contributed by atoms with E-state index in [-0.39, 0.29) is 25.8 Å². The Labute approximate surface area is 123 Å². The molecule has 2 atom stereocenters. The molecular formula is C15H21F2NO3. The molecule has 6 heteroatoms. The molecule has 0 amide bonds. The summed E-state index contributed by atoms with van der Waals surface area (Å²) < 4.78 is 36.9. The zero-order chi connectivity index (χ0) is 15.1. The quantitative estimate of drug-likeness (QED) is 0.766. The molecule has 118 valence electrons. The first-order valence-electron chi connectivity index (χ1n) is 7.17. The molecule has 1 fully saturated rings. The van der Waals surface area contributed by atoms with Crippen molar-refractivity contribution in [3.63, 3.8) is 0 Å². The van der Waals surface area contributed by atoms with E-state index in [1.54, 1.807) is 0 Å². The highest BCUT2D eigenvalue weighted by Gasteiger charge is 2.16. The van der Waals surface area contributed by atoms with Gasteiger partial charge in [0.05, 0.1) is 25.4 Å². The minimum Gasteiger partial charge on any atom is -0.389 e. The van der Waals surface area contributed by atoms with Crippen molar-refractivity contribution in [3.8, 4) is 0 Å². The van der Waals surface area contributed by atoms with Gasteiger partial charge in [-0.15, -0.1) is 0 Å². The lowest BCUT2D eigenvalue weighted by molar-refractivity contribution is -0.0164. The molecule has 0 aliphatic carbocycles. The first-order valence-corrected chi connectivity index (χ1v) is 7.17. The van der Waals surface area contributed by atoms with E-state index in [9.17, 15) is 13.9 Å². The van der Waals surface area contributed by atoms with E-state index in [1.165, 1.54) is 12.1 Å². The number of halogens is 2. The molecule has 0 spiro atoms. The van der Waals surface area contributed by atoms with E-state index in [4.69, 9.17) is 9.47 Å². The van der Waals surface area contributed by atoms with Gasteiger partial charge >= 0.3 is 0 Å². The van der Waals surface area contributed by atoms with Crippen LogP contribution in [-0.2, 0) is 16.0 Å². The van der Waals surface area contributed by atoms with Gasteiger partial charge in [0.15, 0.2) is 0 Å². The average Bonchev–Trinajstić information content (AvgIpc) is 2.94. The molecule has 0 radical (unpaired) electrons. The van der Waals surface area contributed by atoms with Crippen LogP contribution >= 0.6 is 0 Å². The average molecular weight is 301 g/mol. The highest BCUT2D eigenvalue weighted by Crippen LogP contribution is 2.12. The van der Waals surface area contributed by atoms with Crippen molar-refractivity contribution in [2.24, 2.45) is 0 Å². The van der Waals surface area contributed by atoms with E-state index >= 15 is 0 Å². The molecule has 2 unspecified atom stereocenters. The Morgan fingerprint density at radius 3 is 3.00 bits per heavy atom. The van der Waals surface area contributed by atoms with Crippen LogP contribution in [0.3, 0.4) is 0 Å². The van der Waals surface area contributed by atoms with Crippen LogP contribution in [0.15, 0.2) is 18.2 Å². The van der Waals surface area contributed by atoms with E-state index in [0.717, 1.165) is 25.5 Å². The lowest BCUT2D eigenvalue weighted by Gasteiger charge is -2.14. The molecular weight excluding hydrogens is 280 g/mol. The van der Waals surface area contributed by atoms with Gasteiger partial charge in [-0.05, 0) is 18.9 Å². The fourth-order valence-electron chi connectivity index (χ4n) is 2.21. The largest absolute Gasteiger partial charge is 0.389 e. The van der Waals surface area contributed by atoms with Crippen LogP contribution in [0.4, 0.5) is 8.78 Å². The maximum atomic E-state index is 13.4. The Bertz CT molecular complexity index is 439. The Hall–Kier alpha value is -1.08.